The van der Waals surface area contributed by atoms with Gasteiger partial charge >= 0.3 is 6.03 Å². The van der Waals surface area contributed by atoms with Crippen LogP contribution in [0.5, 0.6) is 5.75 Å². The number of carbonyl (C=O) groups is 2. The van der Waals surface area contributed by atoms with Crippen LogP contribution in [0.3, 0.4) is 0 Å². The van der Waals surface area contributed by atoms with E-state index in [0.29, 0.717) is 36.7 Å². The van der Waals surface area contributed by atoms with Crippen LogP contribution in [0.2, 0.25) is 0 Å². The van der Waals surface area contributed by atoms with Crippen LogP contribution in [0, 0.1) is 5.92 Å². The summed E-state index contributed by atoms with van der Waals surface area (Å²) in [5.74, 6) is 2.28. The van der Waals surface area contributed by atoms with Crippen molar-refractivity contribution in [3.05, 3.63) is 77.1 Å². The van der Waals surface area contributed by atoms with Gasteiger partial charge in [0, 0.05) is 29.9 Å². The van der Waals surface area contributed by atoms with E-state index in [0.717, 1.165) is 47.9 Å². The number of aromatic nitrogens is 5. The zero-order valence-electron chi connectivity index (χ0n) is 28.5. The van der Waals surface area contributed by atoms with Crippen molar-refractivity contribution in [2.24, 2.45) is 5.92 Å². The molecule has 1 aliphatic heterocycles. The topological polar surface area (TPSA) is 127 Å². The fraction of sp³-hybridized carbons (Fsp3) is 0.500. The maximum atomic E-state index is 13.4. The van der Waals surface area contributed by atoms with Crippen molar-refractivity contribution >= 4 is 23.3 Å². The van der Waals surface area contributed by atoms with E-state index < -0.39 is 0 Å². The van der Waals surface area contributed by atoms with Gasteiger partial charge in [0.2, 0.25) is 0 Å². The van der Waals surface area contributed by atoms with Gasteiger partial charge in [0.1, 0.15) is 23.5 Å². The zero-order valence-corrected chi connectivity index (χ0v) is 28.5. The highest BCUT2D eigenvalue weighted by atomic mass is 16.5. The molecule has 0 radical (unpaired) electrons. The number of pyridine rings is 1. The standard InChI is InChI=1S/C36H46N8O3/c1-35(2,3)29-19-30(39-32(38-29)27(45)18-22-16-17-43(7)20-22)40-34(46)37-26-13-14-28(25-11-9-8-10-24(25)26)47-23-12-15-31-41-42-33(36(4,5)6)44(31)21-23/h8-12,15,19,21-22,26,28H,13-14,16-18,20H2,1-7H3,(H2,37,38,39,40,46)/t22-,26+,28-/m1/s1. The third-order valence-corrected chi connectivity index (χ3v) is 9.01. The molecule has 0 spiro atoms. The van der Waals surface area contributed by atoms with Crippen LogP contribution in [0.1, 0.15) is 113 Å². The maximum absolute atomic E-state index is 13.4. The van der Waals surface area contributed by atoms with E-state index in [4.69, 9.17) is 4.74 Å². The number of urea groups is 1. The lowest BCUT2D eigenvalue weighted by molar-refractivity contribution is 0.0952. The fourth-order valence-electron chi connectivity index (χ4n) is 6.52. The van der Waals surface area contributed by atoms with Crippen molar-refractivity contribution in [2.45, 2.75) is 90.2 Å². The molecule has 2 aliphatic rings. The van der Waals surface area contributed by atoms with Gasteiger partial charge in [0.15, 0.2) is 17.3 Å². The summed E-state index contributed by atoms with van der Waals surface area (Å²) in [4.78, 5) is 38.0. The summed E-state index contributed by atoms with van der Waals surface area (Å²) in [5, 5.41) is 14.8. The molecule has 3 aromatic heterocycles. The Labute approximate surface area is 276 Å². The molecule has 4 heterocycles. The summed E-state index contributed by atoms with van der Waals surface area (Å²) >= 11 is 0. The molecule has 1 saturated heterocycles. The van der Waals surface area contributed by atoms with Crippen LogP contribution < -0.4 is 15.4 Å². The van der Waals surface area contributed by atoms with E-state index in [1.807, 2.05) is 61.7 Å². The molecule has 3 atom stereocenters. The van der Waals surface area contributed by atoms with E-state index in [1.54, 1.807) is 6.07 Å². The Bertz CT molecular complexity index is 1790. The van der Waals surface area contributed by atoms with E-state index >= 15 is 0 Å². The Kier molecular flexibility index (Phi) is 8.78. The van der Waals surface area contributed by atoms with Gasteiger partial charge in [-0.15, -0.1) is 10.2 Å². The summed E-state index contributed by atoms with van der Waals surface area (Å²) in [7, 11) is 2.07. The van der Waals surface area contributed by atoms with Crippen molar-refractivity contribution < 1.29 is 14.3 Å². The highest BCUT2D eigenvalue weighted by Gasteiger charge is 2.31. The summed E-state index contributed by atoms with van der Waals surface area (Å²) in [6.07, 6.45) is 4.56. The fourth-order valence-corrected chi connectivity index (χ4v) is 6.52. The van der Waals surface area contributed by atoms with Gasteiger partial charge in [0.05, 0.1) is 17.9 Å². The normalized spacial score (nSPS) is 20.2. The molecule has 1 fully saturated rings. The Morgan fingerprint density at radius 2 is 1.70 bits per heavy atom. The van der Waals surface area contributed by atoms with Gasteiger partial charge in [-0.1, -0.05) is 65.8 Å². The minimum Gasteiger partial charge on any atom is -0.484 e. The number of carbonyl (C=O) groups excluding carboxylic acids is 2. The van der Waals surface area contributed by atoms with E-state index in [-0.39, 0.29) is 40.6 Å². The minimum atomic E-state index is -0.383. The number of amides is 2. The van der Waals surface area contributed by atoms with Crippen molar-refractivity contribution in [1.82, 2.24) is 34.8 Å². The first-order valence-corrected chi connectivity index (χ1v) is 16.5. The van der Waals surface area contributed by atoms with Gasteiger partial charge in [-0.3, -0.25) is 14.5 Å². The number of hydrogen-bond donors (Lipinski definition) is 2. The number of ether oxygens (including phenoxy) is 1. The number of nitrogens with one attached hydrogen (secondary N) is 2. The van der Waals surface area contributed by atoms with Gasteiger partial charge in [-0.25, -0.2) is 14.8 Å². The number of rotatable bonds is 7. The monoisotopic (exact) mass is 638 g/mol. The number of benzene rings is 1. The predicted molar refractivity (Wildman–Crippen MR) is 181 cm³/mol. The summed E-state index contributed by atoms with van der Waals surface area (Å²) in [6, 6.07) is 13.1. The number of hydrogen-bond acceptors (Lipinski definition) is 8. The molecule has 1 aliphatic carbocycles. The molecule has 0 bridgehead atoms. The van der Waals surface area contributed by atoms with Crippen molar-refractivity contribution in [2.75, 3.05) is 25.5 Å². The first-order chi connectivity index (χ1) is 22.2. The lowest BCUT2D eigenvalue weighted by Gasteiger charge is -2.32. The van der Waals surface area contributed by atoms with Crippen LogP contribution in [-0.4, -0.2) is 61.4 Å². The molecule has 1 aromatic carbocycles. The number of Topliss-reactive ketones (excluding diaryl/α,β-unsaturated/α-hetero) is 1. The predicted octanol–water partition coefficient (Wildman–Crippen LogP) is 6.42. The molecule has 4 aromatic rings. The van der Waals surface area contributed by atoms with Gasteiger partial charge in [-0.05, 0) is 62.0 Å². The second-order valence-corrected chi connectivity index (χ2v) is 15.1. The van der Waals surface area contributed by atoms with Gasteiger partial charge in [-0.2, -0.15) is 0 Å². The quantitative estimate of drug-likeness (QED) is 0.222. The lowest BCUT2D eigenvalue weighted by atomic mass is 9.85. The molecular formula is C36H46N8O3. The Balaban J connectivity index is 1.17. The summed E-state index contributed by atoms with van der Waals surface area (Å²) in [5.41, 5.74) is 3.03. The summed E-state index contributed by atoms with van der Waals surface area (Å²) < 4.78 is 8.54. The number of anilines is 1. The maximum Gasteiger partial charge on any atom is 0.320 e. The molecule has 6 rings (SSSR count). The van der Waals surface area contributed by atoms with Crippen molar-refractivity contribution in [1.29, 1.82) is 0 Å². The molecule has 2 N–H and O–H groups in total. The van der Waals surface area contributed by atoms with Crippen LogP contribution in [0.15, 0.2) is 48.7 Å². The van der Waals surface area contributed by atoms with Crippen LogP contribution >= 0.6 is 0 Å². The molecular weight excluding hydrogens is 592 g/mol. The zero-order chi connectivity index (χ0) is 33.5. The highest BCUT2D eigenvalue weighted by molar-refractivity contribution is 5.94. The molecule has 0 unspecified atom stereocenters. The first kappa shape index (κ1) is 32.6. The lowest BCUT2D eigenvalue weighted by Crippen LogP contribution is -2.36. The second kappa shape index (κ2) is 12.7. The third-order valence-electron chi connectivity index (χ3n) is 9.01. The van der Waals surface area contributed by atoms with E-state index in [2.05, 4.69) is 69.6 Å². The highest BCUT2D eigenvalue weighted by Crippen LogP contribution is 2.39. The van der Waals surface area contributed by atoms with Crippen molar-refractivity contribution in [3.8, 4) is 5.75 Å². The molecule has 0 saturated carbocycles. The first-order valence-electron chi connectivity index (χ1n) is 16.5. The molecule has 2 amide bonds. The average Bonchev–Trinajstić information content (AvgIpc) is 3.63. The Morgan fingerprint density at radius 3 is 2.40 bits per heavy atom. The second-order valence-electron chi connectivity index (χ2n) is 15.1. The van der Waals surface area contributed by atoms with E-state index in [9.17, 15) is 9.59 Å². The minimum absolute atomic E-state index is 0.0924. The van der Waals surface area contributed by atoms with Crippen molar-refractivity contribution in [3.63, 3.8) is 0 Å². The van der Waals surface area contributed by atoms with Crippen LogP contribution in [0.4, 0.5) is 10.6 Å². The van der Waals surface area contributed by atoms with E-state index in [1.165, 1.54) is 0 Å². The number of fused-ring (bicyclic) bond motifs is 2. The number of ketones is 1. The largest absolute Gasteiger partial charge is 0.484 e. The van der Waals surface area contributed by atoms with Gasteiger partial charge < -0.3 is 15.0 Å². The summed E-state index contributed by atoms with van der Waals surface area (Å²) in [6.45, 7) is 14.3. The number of likely N-dealkylation sites (tertiary alicyclic amines) is 1. The smallest absolute Gasteiger partial charge is 0.320 e. The Hall–Kier alpha value is -4.38. The van der Waals surface area contributed by atoms with Crippen LogP contribution in [-0.2, 0) is 10.8 Å². The van der Waals surface area contributed by atoms with Crippen LogP contribution in [0.25, 0.3) is 5.65 Å². The van der Waals surface area contributed by atoms with Gasteiger partial charge in [0.25, 0.3) is 0 Å². The molecule has 47 heavy (non-hydrogen) atoms. The number of nitrogens with zero attached hydrogens (tertiary/aromatic N) is 6. The Morgan fingerprint density at radius 1 is 0.936 bits per heavy atom. The third kappa shape index (κ3) is 7.30. The average molecular weight is 639 g/mol. The molecule has 248 valence electrons. The SMILES string of the molecule is CN1CC[C@H](CC(=O)c2nc(NC(=O)N[C@H]3CC[C@@H](Oc4ccc5nnc(C(C)(C)C)n5c4)c4ccccc43)cc(C(C)(C)C)n2)C1. The molecule has 11 heteroatoms. The molecule has 11 nitrogen and oxygen atoms in total.